The number of anilines is 2. The van der Waals surface area contributed by atoms with Crippen LogP contribution in [0.25, 0.3) is 11.1 Å². The van der Waals surface area contributed by atoms with E-state index in [1.807, 2.05) is 12.1 Å². The number of aromatic nitrogens is 3. The lowest BCUT2D eigenvalue weighted by atomic mass is 9.88. The van der Waals surface area contributed by atoms with Crippen LogP contribution in [0.1, 0.15) is 17.4 Å². The zero-order valence-corrected chi connectivity index (χ0v) is 12.7. The maximum atomic E-state index is 12.5. The van der Waals surface area contributed by atoms with Crippen molar-refractivity contribution in [3.05, 3.63) is 57.3 Å². The van der Waals surface area contributed by atoms with E-state index in [2.05, 4.69) is 20.3 Å². The number of benzene rings is 1. The van der Waals surface area contributed by atoms with E-state index in [1.54, 1.807) is 12.1 Å². The second kappa shape index (κ2) is 4.69. The second-order valence-electron chi connectivity index (χ2n) is 5.76. The third kappa shape index (κ3) is 1.89. The monoisotopic (exact) mass is 337 g/mol. The maximum Gasteiger partial charge on any atom is 0.337 e. The molecule has 3 aromatic rings. The predicted molar refractivity (Wildman–Crippen MR) is 86.7 cm³/mol. The van der Waals surface area contributed by atoms with Gasteiger partial charge < -0.3 is 20.2 Å². The summed E-state index contributed by atoms with van der Waals surface area (Å²) in [5.41, 5.74) is 7.41. The van der Waals surface area contributed by atoms with Crippen LogP contribution < -0.4 is 16.6 Å². The fraction of sp³-hybridized carbons (Fsp3) is 0.125. The number of aromatic amines is 1. The standard InChI is InChI=1S/C16H11N5O4/c17-16-20-12-11(13(22)21-16)10(9-7(18-12)5-24-15(9)23)14-19-6-3-1-2-4-8(6)25-14/h1-4,10H,5H2,(H4,17,18,20,21,22). The van der Waals surface area contributed by atoms with Crippen molar-refractivity contribution in [2.24, 2.45) is 0 Å². The highest BCUT2D eigenvalue weighted by Gasteiger charge is 2.43. The average molecular weight is 337 g/mol. The van der Waals surface area contributed by atoms with Gasteiger partial charge in [-0.15, -0.1) is 0 Å². The lowest BCUT2D eigenvalue weighted by Gasteiger charge is -2.22. The van der Waals surface area contributed by atoms with Gasteiger partial charge in [-0.25, -0.2) is 9.78 Å². The summed E-state index contributed by atoms with van der Waals surface area (Å²) in [6, 6.07) is 7.20. The Labute approximate surface area is 139 Å². The first-order chi connectivity index (χ1) is 12.1. The summed E-state index contributed by atoms with van der Waals surface area (Å²) in [5.74, 6) is -0.859. The fourth-order valence-electron chi connectivity index (χ4n) is 3.22. The Hall–Kier alpha value is -3.62. The first kappa shape index (κ1) is 13.8. The predicted octanol–water partition coefficient (Wildman–Crippen LogP) is 0.862. The minimum atomic E-state index is -0.814. The van der Waals surface area contributed by atoms with Crippen LogP contribution in [0.15, 0.2) is 44.7 Å². The number of ether oxygens (including phenoxy) is 1. The van der Waals surface area contributed by atoms with Gasteiger partial charge >= 0.3 is 5.97 Å². The van der Waals surface area contributed by atoms with Gasteiger partial charge in [-0.05, 0) is 12.1 Å². The van der Waals surface area contributed by atoms with Crippen LogP contribution in [0.5, 0.6) is 0 Å². The van der Waals surface area contributed by atoms with Gasteiger partial charge in [0.25, 0.3) is 5.56 Å². The molecule has 9 heteroatoms. The lowest BCUT2D eigenvalue weighted by Crippen LogP contribution is -2.29. The summed E-state index contributed by atoms with van der Waals surface area (Å²) >= 11 is 0. The van der Waals surface area contributed by atoms with E-state index >= 15 is 0 Å². The zero-order chi connectivity index (χ0) is 17.1. The van der Waals surface area contributed by atoms with E-state index in [0.29, 0.717) is 22.4 Å². The Morgan fingerprint density at radius 3 is 2.88 bits per heavy atom. The van der Waals surface area contributed by atoms with Gasteiger partial charge in [0.2, 0.25) is 11.8 Å². The molecule has 4 heterocycles. The van der Waals surface area contributed by atoms with Crippen LogP contribution in [-0.2, 0) is 9.53 Å². The Morgan fingerprint density at radius 1 is 1.20 bits per heavy atom. The molecule has 124 valence electrons. The van der Waals surface area contributed by atoms with E-state index in [-0.39, 0.29) is 29.8 Å². The van der Waals surface area contributed by atoms with Gasteiger partial charge in [0.1, 0.15) is 23.9 Å². The summed E-state index contributed by atoms with van der Waals surface area (Å²) in [6.07, 6.45) is 0. The van der Waals surface area contributed by atoms with Crippen molar-refractivity contribution >= 4 is 28.8 Å². The van der Waals surface area contributed by atoms with Crippen molar-refractivity contribution in [1.82, 2.24) is 15.0 Å². The molecule has 0 radical (unpaired) electrons. The Kier molecular flexibility index (Phi) is 2.59. The van der Waals surface area contributed by atoms with Crippen molar-refractivity contribution in [3.8, 4) is 0 Å². The normalized spacial score (nSPS) is 18.7. The minimum Gasteiger partial charge on any atom is -0.456 e. The van der Waals surface area contributed by atoms with Gasteiger partial charge in [0.05, 0.1) is 16.8 Å². The number of rotatable bonds is 1. The number of nitrogen functional groups attached to an aromatic ring is 1. The Morgan fingerprint density at radius 2 is 2.04 bits per heavy atom. The zero-order valence-electron chi connectivity index (χ0n) is 12.7. The molecule has 0 fully saturated rings. The van der Waals surface area contributed by atoms with E-state index in [0.717, 1.165) is 0 Å². The largest absolute Gasteiger partial charge is 0.456 e. The van der Waals surface area contributed by atoms with E-state index < -0.39 is 17.4 Å². The van der Waals surface area contributed by atoms with Crippen LogP contribution in [0.3, 0.4) is 0 Å². The number of fused-ring (bicyclic) bond motifs is 2. The first-order valence-corrected chi connectivity index (χ1v) is 7.54. The van der Waals surface area contributed by atoms with E-state index in [4.69, 9.17) is 14.9 Å². The quantitative estimate of drug-likeness (QED) is 0.556. The number of carbonyl (C=O) groups excluding carboxylic acids is 1. The van der Waals surface area contributed by atoms with Crippen LogP contribution in [0.2, 0.25) is 0 Å². The third-order valence-corrected chi connectivity index (χ3v) is 4.27. The molecule has 9 nitrogen and oxygen atoms in total. The molecule has 2 aromatic heterocycles. The second-order valence-corrected chi connectivity index (χ2v) is 5.76. The molecule has 0 bridgehead atoms. The van der Waals surface area contributed by atoms with Crippen LogP contribution in [-0.4, -0.2) is 27.5 Å². The number of carbonyl (C=O) groups is 1. The molecule has 0 aliphatic carbocycles. The number of hydrogen-bond acceptors (Lipinski definition) is 8. The number of nitrogens with zero attached hydrogens (tertiary/aromatic N) is 2. The molecule has 1 aromatic carbocycles. The van der Waals surface area contributed by atoms with Gasteiger partial charge in [0.15, 0.2) is 5.58 Å². The summed E-state index contributed by atoms with van der Waals surface area (Å²) < 4.78 is 10.9. The molecule has 0 saturated heterocycles. The molecule has 0 saturated carbocycles. The molecule has 4 N–H and O–H groups in total. The van der Waals surface area contributed by atoms with Crippen LogP contribution in [0.4, 0.5) is 11.8 Å². The Balaban J connectivity index is 1.81. The number of cyclic esters (lactones) is 1. The molecule has 5 rings (SSSR count). The number of esters is 1. The molecule has 1 atom stereocenters. The molecule has 0 spiro atoms. The van der Waals surface area contributed by atoms with Crippen molar-refractivity contribution in [3.63, 3.8) is 0 Å². The first-order valence-electron chi connectivity index (χ1n) is 7.54. The molecule has 2 aliphatic heterocycles. The molecule has 1 unspecified atom stereocenters. The van der Waals surface area contributed by atoms with Gasteiger partial charge in [0, 0.05) is 0 Å². The molecular weight excluding hydrogens is 326 g/mol. The average Bonchev–Trinajstić information content (AvgIpc) is 3.16. The molecular formula is C16H11N5O4. The number of nitrogens with two attached hydrogens (primary N) is 1. The summed E-state index contributed by atoms with van der Waals surface area (Å²) in [6.45, 7) is 0.0682. The van der Waals surface area contributed by atoms with Crippen LogP contribution >= 0.6 is 0 Å². The molecule has 2 aliphatic rings. The summed E-state index contributed by atoms with van der Waals surface area (Å²) in [7, 11) is 0. The highest BCUT2D eigenvalue weighted by molar-refractivity contribution is 5.96. The van der Waals surface area contributed by atoms with Crippen molar-refractivity contribution < 1.29 is 13.9 Å². The smallest absolute Gasteiger partial charge is 0.337 e. The topological polar surface area (TPSA) is 136 Å². The number of H-pyrrole nitrogens is 1. The van der Waals surface area contributed by atoms with Gasteiger partial charge in [-0.2, -0.15) is 4.98 Å². The number of hydrogen-bond donors (Lipinski definition) is 3. The maximum absolute atomic E-state index is 12.5. The Bertz CT molecular complexity index is 1110. The molecule has 25 heavy (non-hydrogen) atoms. The number of para-hydroxylation sites is 2. The minimum absolute atomic E-state index is 0.0261. The number of oxazole rings is 1. The van der Waals surface area contributed by atoms with Crippen molar-refractivity contribution in [2.75, 3.05) is 17.7 Å². The molecule has 0 amide bonds. The highest BCUT2D eigenvalue weighted by Crippen LogP contribution is 2.42. The van der Waals surface area contributed by atoms with E-state index in [1.165, 1.54) is 0 Å². The third-order valence-electron chi connectivity index (χ3n) is 4.27. The van der Waals surface area contributed by atoms with E-state index in [9.17, 15) is 9.59 Å². The SMILES string of the molecule is Nc1nc2c(c(=O)[nH]1)C(c1nc3ccccc3o1)C1=C(COC1=O)N2. The van der Waals surface area contributed by atoms with Gasteiger partial charge in [-0.3, -0.25) is 9.78 Å². The van der Waals surface area contributed by atoms with Gasteiger partial charge in [-0.1, -0.05) is 12.1 Å². The van der Waals surface area contributed by atoms with Crippen molar-refractivity contribution in [1.29, 1.82) is 0 Å². The van der Waals surface area contributed by atoms with Crippen LogP contribution in [0, 0.1) is 0 Å². The summed E-state index contributed by atoms with van der Waals surface area (Å²) in [4.78, 5) is 35.8. The lowest BCUT2D eigenvalue weighted by molar-refractivity contribution is -0.136. The van der Waals surface area contributed by atoms with Crippen molar-refractivity contribution in [2.45, 2.75) is 5.92 Å². The fourth-order valence-corrected chi connectivity index (χ4v) is 3.22. The highest BCUT2D eigenvalue weighted by atomic mass is 16.5. The summed E-state index contributed by atoms with van der Waals surface area (Å²) in [5, 5.41) is 2.96. The number of nitrogens with one attached hydrogen (secondary N) is 2.